The summed E-state index contributed by atoms with van der Waals surface area (Å²) in [5.74, 6) is 1.54. The second kappa shape index (κ2) is 27.9. The Morgan fingerprint density at radius 1 is 0.465 bits per heavy atom. The van der Waals surface area contributed by atoms with Gasteiger partial charge in [0.25, 0.3) is 5.82 Å². The van der Waals surface area contributed by atoms with E-state index < -0.39 is 0 Å². The summed E-state index contributed by atoms with van der Waals surface area (Å²) in [6.45, 7) is 6.80. The van der Waals surface area contributed by atoms with Crippen LogP contribution >= 0.6 is 0 Å². The molecule has 0 spiro atoms. The quantitative estimate of drug-likeness (QED) is 0.0607. The summed E-state index contributed by atoms with van der Waals surface area (Å²) in [4.78, 5) is 0. The highest BCUT2D eigenvalue weighted by Gasteiger charge is 2.17. The van der Waals surface area contributed by atoms with Crippen LogP contribution in [-0.4, -0.2) is 4.57 Å². The molecule has 2 rings (SSSR count). The van der Waals surface area contributed by atoms with Crippen LogP contribution in [0.5, 0.6) is 0 Å². The van der Waals surface area contributed by atoms with E-state index in [-0.39, 0.29) is 0 Å². The van der Waals surface area contributed by atoms with Gasteiger partial charge < -0.3 is 0 Å². The Kier molecular flexibility index (Phi) is 24.4. The van der Waals surface area contributed by atoms with Crippen molar-refractivity contribution < 1.29 is 4.57 Å². The second-order valence-electron chi connectivity index (χ2n) is 13.6. The van der Waals surface area contributed by atoms with E-state index in [1.165, 1.54) is 192 Å². The first-order chi connectivity index (χ1) is 21.3. The van der Waals surface area contributed by atoms with Gasteiger partial charge in [0.1, 0.15) is 18.9 Å². The van der Waals surface area contributed by atoms with E-state index in [2.05, 4.69) is 65.7 Å². The summed E-state index contributed by atoms with van der Waals surface area (Å²) in [5.41, 5.74) is 1.41. The number of unbranched alkanes of at least 4 members (excludes halogenated alkanes) is 25. The summed E-state index contributed by atoms with van der Waals surface area (Å²) in [6, 6.07) is 11.0. The molecule has 0 aliphatic carbocycles. The fourth-order valence-electron chi connectivity index (χ4n) is 6.69. The summed E-state index contributed by atoms with van der Waals surface area (Å²) in [7, 11) is 0. The van der Waals surface area contributed by atoms with Crippen LogP contribution in [0.3, 0.4) is 0 Å². The zero-order chi connectivity index (χ0) is 30.5. The fraction of sp³-hybridized carbons (Fsp3) is 0.780. The van der Waals surface area contributed by atoms with Crippen LogP contribution in [0.4, 0.5) is 0 Å². The molecule has 2 aromatic rings. The van der Waals surface area contributed by atoms with Crippen molar-refractivity contribution in [1.82, 2.24) is 4.57 Å². The third-order valence-corrected chi connectivity index (χ3v) is 9.54. The lowest BCUT2D eigenvalue weighted by Gasteiger charge is -2.07. The second-order valence-corrected chi connectivity index (χ2v) is 13.6. The molecule has 0 saturated carbocycles. The van der Waals surface area contributed by atoms with Crippen LogP contribution in [0.2, 0.25) is 0 Å². The van der Waals surface area contributed by atoms with Crippen LogP contribution in [0.25, 0.3) is 0 Å². The van der Waals surface area contributed by atoms with Gasteiger partial charge in [-0.15, -0.1) is 0 Å². The molecule has 0 fully saturated rings. The van der Waals surface area contributed by atoms with Gasteiger partial charge in [-0.2, -0.15) is 0 Å². The molecular weight excluding hydrogens is 520 g/mol. The number of hydrogen-bond donors (Lipinski definition) is 0. The van der Waals surface area contributed by atoms with Crippen LogP contribution in [0, 0.1) is 0 Å². The number of hydrogen-bond acceptors (Lipinski definition) is 0. The Hall–Kier alpha value is -1.57. The standard InChI is InChI=1S/C41H73N2/c1-3-5-7-9-11-13-15-17-19-21-23-25-27-32-36-42-37-38-43(39-40-33-29-28-30-34-40)41(42)35-31-26-24-22-20-18-16-14-12-10-8-6-4-2/h28-30,33-34,37-38H,3-27,31-32,35-36,39H2,1-2H3/q+1. The maximum absolute atomic E-state index is 2.59. The minimum atomic E-state index is 1.00. The Bertz CT molecular complexity index is 839. The van der Waals surface area contributed by atoms with E-state index in [1.54, 1.807) is 5.82 Å². The van der Waals surface area contributed by atoms with Crippen molar-refractivity contribution >= 4 is 0 Å². The lowest BCUT2D eigenvalue weighted by Crippen LogP contribution is -2.37. The predicted octanol–water partition coefficient (Wildman–Crippen LogP) is 12.9. The van der Waals surface area contributed by atoms with E-state index in [1.807, 2.05) is 0 Å². The molecule has 2 heteroatoms. The first-order valence-electron chi connectivity index (χ1n) is 19.5. The number of rotatable bonds is 31. The molecule has 0 saturated heterocycles. The van der Waals surface area contributed by atoms with E-state index in [4.69, 9.17) is 0 Å². The summed E-state index contributed by atoms with van der Waals surface area (Å²) in [5, 5.41) is 0. The number of nitrogens with zero attached hydrogens (tertiary/aromatic N) is 2. The van der Waals surface area contributed by atoms with Gasteiger partial charge in [0.15, 0.2) is 0 Å². The third kappa shape index (κ3) is 20.2. The molecule has 246 valence electrons. The van der Waals surface area contributed by atoms with Gasteiger partial charge >= 0.3 is 0 Å². The fourth-order valence-corrected chi connectivity index (χ4v) is 6.69. The normalized spacial score (nSPS) is 11.5. The lowest BCUT2D eigenvalue weighted by molar-refractivity contribution is -0.695. The van der Waals surface area contributed by atoms with Gasteiger partial charge in [-0.3, -0.25) is 0 Å². The maximum atomic E-state index is 2.59. The minimum Gasteiger partial charge on any atom is -0.234 e. The van der Waals surface area contributed by atoms with Crippen LogP contribution < -0.4 is 4.57 Å². The third-order valence-electron chi connectivity index (χ3n) is 9.54. The largest absolute Gasteiger partial charge is 0.256 e. The average molecular weight is 594 g/mol. The number of imidazole rings is 1. The zero-order valence-corrected chi connectivity index (χ0v) is 29.1. The molecule has 43 heavy (non-hydrogen) atoms. The van der Waals surface area contributed by atoms with Gasteiger partial charge in [0, 0.05) is 6.42 Å². The van der Waals surface area contributed by atoms with Crippen molar-refractivity contribution in [2.45, 2.75) is 207 Å². The molecule has 0 amide bonds. The van der Waals surface area contributed by atoms with E-state index in [0.717, 1.165) is 6.54 Å². The molecule has 1 aromatic heterocycles. The molecular formula is C41H73N2+. The molecule has 0 atom stereocenters. The van der Waals surface area contributed by atoms with Crippen molar-refractivity contribution in [3.05, 3.63) is 54.1 Å². The highest BCUT2D eigenvalue weighted by Crippen LogP contribution is 2.16. The molecule has 0 aliphatic rings. The lowest BCUT2D eigenvalue weighted by atomic mass is 10.0. The SMILES string of the molecule is CCCCCCCCCCCCCCCCn1cc[n+](Cc2ccccc2)c1CCCCCCCCCCCCCCC. The van der Waals surface area contributed by atoms with Crippen molar-refractivity contribution in [3.8, 4) is 0 Å². The van der Waals surface area contributed by atoms with E-state index in [0.29, 0.717) is 0 Å². The number of benzene rings is 1. The van der Waals surface area contributed by atoms with E-state index in [9.17, 15) is 0 Å². The van der Waals surface area contributed by atoms with Crippen molar-refractivity contribution in [2.24, 2.45) is 0 Å². The van der Waals surface area contributed by atoms with E-state index >= 15 is 0 Å². The highest BCUT2D eigenvalue weighted by atomic mass is 15.1. The first kappa shape index (κ1) is 37.6. The van der Waals surface area contributed by atoms with Crippen molar-refractivity contribution in [2.75, 3.05) is 0 Å². The van der Waals surface area contributed by atoms with Crippen molar-refractivity contribution in [1.29, 1.82) is 0 Å². The topological polar surface area (TPSA) is 8.81 Å². The zero-order valence-electron chi connectivity index (χ0n) is 29.1. The number of aryl methyl sites for hydroxylation is 1. The molecule has 2 nitrogen and oxygen atoms in total. The Balaban J connectivity index is 1.59. The molecule has 0 radical (unpaired) electrons. The summed E-state index contributed by atoms with van der Waals surface area (Å²) >= 11 is 0. The minimum absolute atomic E-state index is 1.00. The molecule has 0 bridgehead atoms. The van der Waals surface area contributed by atoms with Crippen LogP contribution in [0.15, 0.2) is 42.7 Å². The van der Waals surface area contributed by atoms with Gasteiger partial charge in [-0.1, -0.05) is 198 Å². The number of aromatic nitrogens is 2. The summed E-state index contributed by atoms with van der Waals surface area (Å²) in [6.07, 6.45) is 44.4. The van der Waals surface area contributed by atoms with Gasteiger partial charge in [0.2, 0.25) is 0 Å². The Labute approximate surface area is 269 Å². The highest BCUT2D eigenvalue weighted by molar-refractivity contribution is 5.13. The first-order valence-corrected chi connectivity index (χ1v) is 19.5. The average Bonchev–Trinajstić information content (AvgIpc) is 3.40. The Morgan fingerprint density at radius 3 is 1.30 bits per heavy atom. The van der Waals surface area contributed by atoms with Gasteiger partial charge in [0.05, 0.1) is 6.54 Å². The monoisotopic (exact) mass is 594 g/mol. The molecule has 1 heterocycles. The van der Waals surface area contributed by atoms with Crippen LogP contribution in [0.1, 0.15) is 199 Å². The van der Waals surface area contributed by atoms with Crippen molar-refractivity contribution in [3.63, 3.8) is 0 Å². The molecule has 0 aliphatic heterocycles. The van der Waals surface area contributed by atoms with Gasteiger partial charge in [-0.05, 0) is 24.8 Å². The van der Waals surface area contributed by atoms with Crippen LogP contribution in [-0.2, 0) is 19.5 Å². The molecule has 0 N–H and O–H groups in total. The smallest absolute Gasteiger partial charge is 0.234 e. The van der Waals surface area contributed by atoms with Gasteiger partial charge in [-0.25, -0.2) is 9.13 Å². The molecule has 1 aromatic carbocycles. The maximum Gasteiger partial charge on any atom is 0.256 e. The molecule has 0 unspecified atom stereocenters. The predicted molar refractivity (Wildman–Crippen MR) is 190 cm³/mol. The summed E-state index contributed by atoms with van der Waals surface area (Å²) < 4.78 is 5.11. The Morgan fingerprint density at radius 2 is 0.860 bits per heavy atom.